The molecule has 0 saturated carbocycles. The van der Waals surface area contributed by atoms with Crippen LogP contribution in [-0.4, -0.2) is 0 Å². The summed E-state index contributed by atoms with van der Waals surface area (Å²) in [5.74, 6) is -1.64. The average molecular weight is 252 g/mol. The molecule has 0 aliphatic carbocycles. The molecule has 0 saturated heterocycles. The van der Waals surface area contributed by atoms with Gasteiger partial charge in [0.05, 0.1) is 11.4 Å². The monoisotopic (exact) mass is 252 g/mol. The smallest absolute Gasteiger partial charge is 0.148 e. The molecule has 0 amide bonds. The molecule has 0 heterocycles. The molecule has 5 heteroatoms. The molecule has 2 aromatic rings. The van der Waals surface area contributed by atoms with Gasteiger partial charge in [-0.2, -0.15) is 0 Å². The van der Waals surface area contributed by atoms with E-state index < -0.39 is 17.5 Å². The fraction of sp³-hybridized carbons (Fsp3) is 0.0769. The lowest BCUT2D eigenvalue weighted by Crippen LogP contribution is -2.06. The quantitative estimate of drug-likeness (QED) is 0.822. The molecule has 0 aliphatic heterocycles. The van der Waals surface area contributed by atoms with E-state index in [0.29, 0.717) is 0 Å². The van der Waals surface area contributed by atoms with Gasteiger partial charge < -0.3 is 11.1 Å². The fourth-order valence-corrected chi connectivity index (χ4v) is 1.59. The number of halogens is 3. The number of rotatable bonds is 3. The topological polar surface area (TPSA) is 38.0 Å². The van der Waals surface area contributed by atoms with E-state index in [-0.39, 0.29) is 23.5 Å². The van der Waals surface area contributed by atoms with E-state index in [9.17, 15) is 13.2 Å². The van der Waals surface area contributed by atoms with Crippen LogP contribution < -0.4 is 11.1 Å². The number of nitrogens with one attached hydrogen (secondary N) is 1. The van der Waals surface area contributed by atoms with Crippen molar-refractivity contribution in [3.8, 4) is 0 Å². The number of para-hydroxylation sites is 1. The van der Waals surface area contributed by atoms with Gasteiger partial charge in [0, 0.05) is 12.1 Å². The minimum atomic E-state index is -0.557. The summed E-state index contributed by atoms with van der Waals surface area (Å²) in [6, 6.07) is 7.33. The van der Waals surface area contributed by atoms with E-state index in [1.807, 2.05) is 0 Å². The lowest BCUT2D eigenvalue weighted by atomic mass is 10.2. The molecule has 0 fully saturated rings. The summed E-state index contributed by atoms with van der Waals surface area (Å²) in [7, 11) is 0. The number of nitrogen functional groups attached to an aromatic ring is 1. The summed E-state index contributed by atoms with van der Waals surface area (Å²) >= 11 is 0. The largest absolute Gasteiger partial charge is 0.397 e. The van der Waals surface area contributed by atoms with Gasteiger partial charge in [-0.3, -0.25) is 0 Å². The van der Waals surface area contributed by atoms with Crippen LogP contribution in [-0.2, 0) is 6.54 Å². The van der Waals surface area contributed by atoms with Gasteiger partial charge in [-0.1, -0.05) is 6.07 Å². The first kappa shape index (κ1) is 12.3. The second-order valence-corrected chi connectivity index (χ2v) is 3.79. The molecule has 2 nitrogen and oxygen atoms in total. The molecule has 2 rings (SSSR count). The number of hydrogen-bond acceptors (Lipinski definition) is 2. The second-order valence-electron chi connectivity index (χ2n) is 3.79. The third-order valence-corrected chi connectivity index (χ3v) is 2.51. The van der Waals surface area contributed by atoms with E-state index >= 15 is 0 Å². The molecule has 3 N–H and O–H groups in total. The maximum atomic E-state index is 13.4. The van der Waals surface area contributed by atoms with Crippen molar-refractivity contribution in [3.63, 3.8) is 0 Å². The summed E-state index contributed by atoms with van der Waals surface area (Å²) in [4.78, 5) is 0. The van der Waals surface area contributed by atoms with Crippen molar-refractivity contribution in [2.24, 2.45) is 0 Å². The Morgan fingerprint density at radius 1 is 1.00 bits per heavy atom. The van der Waals surface area contributed by atoms with Crippen molar-refractivity contribution >= 4 is 11.4 Å². The Hall–Kier alpha value is -2.17. The zero-order chi connectivity index (χ0) is 13.1. The molecule has 0 aromatic heterocycles. The Morgan fingerprint density at radius 2 is 1.78 bits per heavy atom. The van der Waals surface area contributed by atoms with Crippen LogP contribution in [0.1, 0.15) is 5.56 Å². The van der Waals surface area contributed by atoms with Crippen LogP contribution >= 0.6 is 0 Å². The summed E-state index contributed by atoms with van der Waals surface area (Å²) in [6.07, 6.45) is 0. The molecule has 2 aromatic carbocycles. The first-order valence-corrected chi connectivity index (χ1v) is 5.29. The minimum Gasteiger partial charge on any atom is -0.397 e. The highest BCUT2D eigenvalue weighted by Crippen LogP contribution is 2.23. The zero-order valence-corrected chi connectivity index (χ0v) is 9.38. The van der Waals surface area contributed by atoms with E-state index in [2.05, 4.69) is 5.32 Å². The van der Waals surface area contributed by atoms with Gasteiger partial charge in [0.25, 0.3) is 0 Å². The van der Waals surface area contributed by atoms with E-state index in [0.717, 1.165) is 18.2 Å². The maximum absolute atomic E-state index is 13.4. The summed E-state index contributed by atoms with van der Waals surface area (Å²) in [5.41, 5.74) is 5.99. The first-order chi connectivity index (χ1) is 8.58. The molecule has 0 atom stereocenters. The molecule has 0 bridgehead atoms. The van der Waals surface area contributed by atoms with Crippen molar-refractivity contribution in [3.05, 3.63) is 59.4 Å². The molecule has 0 spiro atoms. The fourth-order valence-electron chi connectivity index (χ4n) is 1.59. The van der Waals surface area contributed by atoms with Crippen molar-refractivity contribution < 1.29 is 13.2 Å². The highest BCUT2D eigenvalue weighted by molar-refractivity contribution is 5.66. The van der Waals surface area contributed by atoms with Crippen LogP contribution in [0.15, 0.2) is 36.4 Å². The van der Waals surface area contributed by atoms with Gasteiger partial charge >= 0.3 is 0 Å². The number of anilines is 2. The maximum Gasteiger partial charge on any atom is 0.148 e. The lowest BCUT2D eigenvalue weighted by molar-refractivity contribution is 0.587. The van der Waals surface area contributed by atoms with Gasteiger partial charge in [0.15, 0.2) is 0 Å². The number of hydrogen-bond donors (Lipinski definition) is 2. The predicted octanol–water partition coefficient (Wildman–Crippen LogP) is 3.30. The summed E-state index contributed by atoms with van der Waals surface area (Å²) in [5, 5.41) is 2.66. The molecule has 0 aliphatic rings. The summed E-state index contributed by atoms with van der Waals surface area (Å²) < 4.78 is 39.7. The minimum absolute atomic E-state index is 0.0469. The zero-order valence-electron chi connectivity index (χ0n) is 9.38. The first-order valence-electron chi connectivity index (χ1n) is 5.29. The van der Waals surface area contributed by atoms with Gasteiger partial charge in [-0.25, -0.2) is 13.2 Å². The molecule has 0 unspecified atom stereocenters. The Balaban J connectivity index is 2.19. The third kappa shape index (κ3) is 2.56. The van der Waals surface area contributed by atoms with Crippen LogP contribution in [0.4, 0.5) is 24.5 Å². The number of nitrogens with two attached hydrogens (primary N) is 1. The molecule has 94 valence electrons. The van der Waals surface area contributed by atoms with Crippen LogP contribution in [0.25, 0.3) is 0 Å². The normalized spacial score (nSPS) is 10.4. The Morgan fingerprint density at radius 3 is 2.50 bits per heavy atom. The van der Waals surface area contributed by atoms with Crippen LogP contribution in [0.2, 0.25) is 0 Å². The van der Waals surface area contributed by atoms with Crippen LogP contribution in [0.3, 0.4) is 0 Å². The van der Waals surface area contributed by atoms with Gasteiger partial charge in [-0.05, 0) is 30.3 Å². The molecule has 18 heavy (non-hydrogen) atoms. The van der Waals surface area contributed by atoms with E-state index in [1.165, 1.54) is 18.2 Å². The SMILES string of the molecule is Nc1cccc(F)c1NCc1cc(F)ccc1F. The predicted molar refractivity (Wildman–Crippen MR) is 64.5 cm³/mol. The van der Waals surface area contributed by atoms with Crippen molar-refractivity contribution in [2.75, 3.05) is 11.1 Å². The van der Waals surface area contributed by atoms with Gasteiger partial charge in [0.2, 0.25) is 0 Å². The number of benzene rings is 2. The average Bonchev–Trinajstić information content (AvgIpc) is 2.33. The lowest BCUT2D eigenvalue weighted by Gasteiger charge is -2.10. The van der Waals surface area contributed by atoms with E-state index in [4.69, 9.17) is 5.73 Å². The summed E-state index contributed by atoms with van der Waals surface area (Å²) in [6.45, 7) is -0.0469. The van der Waals surface area contributed by atoms with Crippen molar-refractivity contribution in [2.45, 2.75) is 6.54 Å². The molecular weight excluding hydrogens is 241 g/mol. The van der Waals surface area contributed by atoms with Gasteiger partial charge in [0.1, 0.15) is 17.5 Å². The Bertz CT molecular complexity index is 550. The Labute approximate surface area is 102 Å². The molecule has 0 radical (unpaired) electrons. The molecular formula is C13H11F3N2. The van der Waals surface area contributed by atoms with Crippen LogP contribution in [0.5, 0.6) is 0 Å². The van der Waals surface area contributed by atoms with Crippen LogP contribution in [0, 0.1) is 17.5 Å². The van der Waals surface area contributed by atoms with Gasteiger partial charge in [-0.15, -0.1) is 0 Å². The van der Waals surface area contributed by atoms with Crippen molar-refractivity contribution in [1.29, 1.82) is 0 Å². The highest BCUT2D eigenvalue weighted by atomic mass is 19.1. The van der Waals surface area contributed by atoms with E-state index in [1.54, 1.807) is 0 Å². The third-order valence-electron chi connectivity index (χ3n) is 2.51. The highest BCUT2D eigenvalue weighted by Gasteiger charge is 2.08. The van der Waals surface area contributed by atoms with Crippen molar-refractivity contribution in [1.82, 2.24) is 0 Å². The standard InChI is InChI=1S/C13H11F3N2/c14-9-4-5-10(15)8(6-9)7-18-13-11(16)2-1-3-12(13)17/h1-6,18H,7,17H2. The Kier molecular flexibility index (Phi) is 3.41. The second kappa shape index (κ2) is 5.00.